The average molecular weight is 361 g/mol. The summed E-state index contributed by atoms with van der Waals surface area (Å²) >= 11 is 0. The molecule has 1 N–H and O–H groups in total. The van der Waals surface area contributed by atoms with Crippen molar-refractivity contribution in [2.45, 2.75) is 26.4 Å². The van der Waals surface area contributed by atoms with Gasteiger partial charge in [0.25, 0.3) is 5.91 Å². The minimum atomic E-state index is -0.550. The van der Waals surface area contributed by atoms with Crippen molar-refractivity contribution >= 4 is 11.6 Å². The molecule has 0 radical (unpaired) electrons. The molecule has 3 aromatic rings. The molecule has 3 rings (SSSR count). The van der Waals surface area contributed by atoms with Crippen LogP contribution in [0.1, 0.15) is 18.9 Å². The van der Waals surface area contributed by atoms with E-state index in [4.69, 9.17) is 9.47 Å². The Morgan fingerprint density at radius 2 is 1.52 bits per heavy atom. The maximum absolute atomic E-state index is 12.6. The Morgan fingerprint density at radius 3 is 2.19 bits per heavy atom. The van der Waals surface area contributed by atoms with Crippen LogP contribution in [0.5, 0.6) is 17.2 Å². The van der Waals surface area contributed by atoms with E-state index in [2.05, 4.69) is 5.32 Å². The topological polar surface area (TPSA) is 47.6 Å². The summed E-state index contributed by atoms with van der Waals surface area (Å²) in [6.07, 6.45) is 0.0291. The monoisotopic (exact) mass is 361 g/mol. The van der Waals surface area contributed by atoms with E-state index >= 15 is 0 Å². The molecular formula is C23H23NO3. The van der Waals surface area contributed by atoms with Crippen LogP contribution in [0.25, 0.3) is 0 Å². The summed E-state index contributed by atoms with van der Waals surface area (Å²) in [6.45, 7) is 3.89. The summed E-state index contributed by atoms with van der Waals surface area (Å²) in [5.74, 6) is 2.04. The first kappa shape index (κ1) is 18.5. The normalized spacial score (nSPS) is 11.5. The van der Waals surface area contributed by atoms with Crippen LogP contribution >= 0.6 is 0 Å². The number of carbonyl (C=O) groups excluding carboxylic acids is 1. The van der Waals surface area contributed by atoms with Gasteiger partial charge in [0.05, 0.1) is 0 Å². The first-order valence-corrected chi connectivity index (χ1v) is 9.02. The summed E-state index contributed by atoms with van der Waals surface area (Å²) in [4.78, 5) is 12.6. The van der Waals surface area contributed by atoms with E-state index < -0.39 is 6.10 Å². The number of hydrogen-bond donors (Lipinski definition) is 1. The number of ether oxygens (including phenoxy) is 2. The number of benzene rings is 3. The lowest BCUT2D eigenvalue weighted by Gasteiger charge is -2.18. The van der Waals surface area contributed by atoms with Crippen LogP contribution in [0.2, 0.25) is 0 Å². The van der Waals surface area contributed by atoms with Crippen LogP contribution in [0.4, 0.5) is 5.69 Å². The molecular weight excluding hydrogens is 338 g/mol. The second-order valence-corrected chi connectivity index (χ2v) is 6.21. The molecule has 1 amide bonds. The molecule has 0 saturated carbocycles. The number of para-hydroxylation sites is 2. The van der Waals surface area contributed by atoms with Crippen molar-refractivity contribution < 1.29 is 14.3 Å². The highest BCUT2D eigenvalue weighted by Gasteiger charge is 2.19. The zero-order chi connectivity index (χ0) is 19.1. The second kappa shape index (κ2) is 8.90. The second-order valence-electron chi connectivity index (χ2n) is 6.21. The molecule has 0 aliphatic carbocycles. The first-order chi connectivity index (χ1) is 13.2. The van der Waals surface area contributed by atoms with E-state index in [1.54, 1.807) is 0 Å². The molecule has 0 spiro atoms. The molecule has 0 saturated heterocycles. The van der Waals surface area contributed by atoms with Gasteiger partial charge in [0.2, 0.25) is 0 Å². The van der Waals surface area contributed by atoms with Crippen molar-refractivity contribution in [3.05, 3.63) is 84.4 Å². The largest absolute Gasteiger partial charge is 0.480 e. The number of carbonyl (C=O) groups is 1. The molecule has 0 heterocycles. The molecule has 0 aliphatic heterocycles. The van der Waals surface area contributed by atoms with E-state index in [0.29, 0.717) is 17.9 Å². The van der Waals surface area contributed by atoms with Gasteiger partial charge in [-0.25, -0.2) is 0 Å². The zero-order valence-electron chi connectivity index (χ0n) is 15.5. The van der Waals surface area contributed by atoms with Gasteiger partial charge in [-0.2, -0.15) is 0 Å². The quantitative estimate of drug-likeness (QED) is 0.597. The van der Waals surface area contributed by atoms with E-state index in [9.17, 15) is 4.79 Å². The zero-order valence-corrected chi connectivity index (χ0v) is 15.5. The molecule has 3 aromatic carbocycles. The third kappa shape index (κ3) is 5.11. The van der Waals surface area contributed by atoms with Crippen LogP contribution in [0.3, 0.4) is 0 Å². The predicted molar refractivity (Wildman–Crippen MR) is 107 cm³/mol. The van der Waals surface area contributed by atoms with Gasteiger partial charge in [0, 0.05) is 5.69 Å². The summed E-state index contributed by atoms with van der Waals surface area (Å²) in [5, 5.41) is 2.90. The number of anilines is 1. The van der Waals surface area contributed by atoms with Crippen LogP contribution in [0.15, 0.2) is 78.9 Å². The Hall–Kier alpha value is -3.27. The van der Waals surface area contributed by atoms with Gasteiger partial charge in [-0.15, -0.1) is 0 Å². The highest BCUT2D eigenvalue weighted by Crippen LogP contribution is 2.23. The van der Waals surface area contributed by atoms with E-state index in [-0.39, 0.29) is 5.91 Å². The number of nitrogens with one attached hydrogen (secondary N) is 1. The lowest BCUT2D eigenvalue weighted by atomic mass is 10.2. The molecule has 0 bridgehead atoms. The van der Waals surface area contributed by atoms with Gasteiger partial charge in [-0.3, -0.25) is 4.79 Å². The standard InChI is InChI=1S/C23H23NO3/c1-3-21(27-22-12-8-7-9-17(22)2)23(25)24-18-13-15-20(16-14-18)26-19-10-5-4-6-11-19/h4-16,21H,3H2,1-2H3,(H,24,25)/t21-/m0/s1. The fraction of sp³-hybridized carbons (Fsp3) is 0.174. The molecule has 0 aliphatic rings. The Labute approximate surface area is 159 Å². The molecule has 0 aromatic heterocycles. The maximum Gasteiger partial charge on any atom is 0.265 e. The van der Waals surface area contributed by atoms with Gasteiger partial charge >= 0.3 is 0 Å². The number of aryl methyl sites for hydroxylation is 1. The summed E-state index contributed by atoms with van der Waals surface area (Å²) in [6, 6.07) is 24.5. The van der Waals surface area contributed by atoms with Gasteiger partial charge in [-0.05, 0) is 61.4 Å². The maximum atomic E-state index is 12.6. The Bertz CT molecular complexity index is 876. The average Bonchev–Trinajstić information content (AvgIpc) is 2.69. The van der Waals surface area contributed by atoms with E-state index in [0.717, 1.165) is 17.1 Å². The van der Waals surface area contributed by atoms with Gasteiger partial charge in [0.15, 0.2) is 6.10 Å². The number of rotatable bonds is 7. The minimum Gasteiger partial charge on any atom is -0.480 e. The van der Waals surface area contributed by atoms with Gasteiger partial charge in [-0.1, -0.05) is 43.3 Å². The van der Waals surface area contributed by atoms with Crippen LogP contribution < -0.4 is 14.8 Å². The minimum absolute atomic E-state index is 0.169. The van der Waals surface area contributed by atoms with Crippen molar-refractivity contribution in [2.24, 2.45) is 0 Å². The summed E-state index contributed by atoms with van der Waals surface area (Å²) in [5.41, 5.74) is 1.71. The van der Waals surface area contributed by atoms with Crippen LogP contribution in [0, 0.1) is 6.92 Å². The molecule has 4 nitrogen and oxygen atoms in total. The lowest BCUT2D eigenvalue weighted by molar-refractivity contribution is -0.122. The first-order valence-electron chi connectivity index (χ1n) is 9.02. The van der Waals surface area contributed by atoms with Gasteiger partial charge in [0.1, 0.15) is 17.2 Å². The SMILES string of the molecule is CC[C@H](Oc1ccccc1C)C(=O)Nc1ccc(Oc2ccccc2)cc1. The Kier molecular flexibility index (Phi) is 6.10. The lowest BCUT2D eigenvalue weighted by Crippen LogP contribution is -2.32. The molecule has 27 heavy (non-hydrogen) atoms. The third-order valence-corrected chi connectivity index (χ3v) is 4.13. The number of amides is 1. The molecule has 138 valence electrons. The summed E-state index contributed by atoms with van der Waals surface area (Å²) < 4.78 is 11.7. The Balaban J connectivity index is 1.61. The van der Waals surface area contributed by atoms with Crippen molar-refractivity contribution in [1.82, 2.24) is 0 Å². The third-order valence-electron chi connectivity index (χ3n) is 4.13. The van der Waals surface area contributed by atoms with Crippen molar-refractivity contribution in [1.29, 1.82) is 0 Å². The highest BCUT2D eigenvalue weighted by atomic mass is 16.5. The number of hydrogen-bond acceptors (Lipinski definition) is 3. The van der Waals surface area contributed by atoms with Crippen molar-refractivity contribution in [3.8, 4) is 17.2 Å². The van der Waals surface area contributed by atoms with E-state index in [1.807, 2.05) is 92.7 Å². The molecule has 0 fully saturated rings. The summed E-state index contributed by atoms with van der Waals surface area (Å²) in [7, 11) is 0. The predicted octanol–water partition coefficient (Wildman–Crippen LogP) is 5.58. The highest BCUT2D eigenvalue weighted by molar-refractivity contribution is 5.94. The fourth-order valence-corrected chi connectivity index (χ4v) is 2.62. The van der Waals surface area contributed by atoms with Crippen LogP contribution in [-0.2, 0) is 4.79 Å². The molecule has 1 atom stereocenters. The fourth-order valence-electron chi connectivity index (χ4n) is 2.62. The van der Waals surface area contributed by atoms with Gasteiger partial charge < -0.3 is 14.8 Å². The van der Waals surface area contributed by atoms with E-state index in [1.165, 1.54) is 0 Å². The molecule has 0 unspecified atom stereocenters. The smallest absolute Gasteiger partial charge is 0.265 e. The van der Waals surface area contributed by atoms with Crippen molar-refractivity contribution in [3.63, 3.8) is 0 Å². The van der Waals surface area contributed by atoms with Crippen LogP contribution in [-0.4, -0.2) is 12.0 Å². The Morgan fingerprint density at radius 1 is 0.889 bits per heavy atom. The molecule has 4 heteroatoms. The van der Waals surface area contributed by atoms with Crippen molar-refractivity contribution in [2.75, 3.05) is 5.32 Å².